The van der Waals surface area contributed by atoms with Crippen LogP contribution in [0.5, 0.6) is 0 Å². The second-order valence-corrected chi connectivity index (χ2v) is 3.67. The zero-order valence-corrected chi connectivity index (χ0v) is 8.20. The first-order chi connectivity index (χ1) is 5.86. The van der Waals surface area contributed by atoms with E-state index in [4.69, 9.17) is 4.74 Å². The normalized spacial score (nSPS) is 24.2. The second-order valence-electron chi connectivity index (χ2n) is 2.86. The first kappa shape index (κ1) is 8.19. The minimum absolute atomic E-state index is 0.324. The largest absolute Gasteiger partial charge is 0.379 e. The van der Waals surface area contributed by atoms with Crippen molar-refractivity contribution in [2.75, 3.05) is 13.2 Å². The smallest absolute Gasteiger partial charge is 0.148 e. The molecule has 1 saturated heterocycles. The summed E-state index contributed by atoms with van der Waals surface area (Å²) in [6, 6.07) is 0.324. The van der Waals surface area contributed by atoms with Crippen molar-refractivity contribution in [3.8, 4) is 0 Å². The van der Waals surface area contributed by atoms with Gasteiger partial charge in [0.2, 0.25) is 0 Å². The van der Waals surface area contributed by atoms with Gasteiger partial charge in [-0.2, -0.15) is 9.90 Å². The fraction of sp³-hybridized carbons (Fsp3) is 0.714. The summed E-state index contributed by atoms with van der Waals surface area (Å²) < 4.78 is 6.11. The number of hydrogen-bond acceptors (Lipinski definition) is 3. The van der Waals surface area contributed by atoms with Crippen LogP contribution < -0.4 is 0 Å². The summed E-state index contributed by atoms with van der Waals surface area (Å²) in [5, 5.41) is 8.29. The lowest BCUT2D eigenvalue weighted by molar-refractivity contribution is 0.0497. The van der Waals surface area contributed by atoms with Crippen LogP contribution in [-0.2, 0) is 4.74 Å². The Labute approximate surface area is 79.0 Å². The van der Waals surface area contributed by atoms with Gasteiger partial charge in [-0.3, -0.25) is 0 Å². The number of halogens is 1. The molecule has 1 aliphatic heterocycles. The molecule has 0 radical (unpaired) electrons. The van der Waals surface area contributed by atoms with E-state index >= 15 is 0 Å². The van der Waals surface area contributed by atoms with E-state index in [9.17, 15) is 0 Å². The molecule has 1 aromatic heterocycles. The Morgan fingerprint density at radius 1 is 1.67 bits per heavy atom. The average molecular weight is 232 g/mol. The van der Waals surface area contributed by atoms with Gasteiger partial charge in [0.05, 0.1) is 18.8 Å². The third-order valence-corrected chi connectivity index (χ3v) is 2.31. The average Bonchev–Trinajstić information content (AvgIpc) is 2.54. The van der Waals surface area contributed by atoms with E-state index in [0.29, 0.717) is 6.04 Å². The molecule has 0 amide bonds. The molecule has 1 aliphatic rings. The first-order valence-corrected chi connectivity index (χ1v) is 4.80. The maximum atomic E-state index is 5.33. The van der Waals surface area contributed by atoms with Gasteiger partial charge in [-0.15, -0.1) is 5.10 Å². The molecule has 1 atom stereocenters. The number of aromatic nitrogens is 3. The predicted molar refractivity (Wildman–Crippen MR) is 46.8 cm³/mol. The van der Waals surface area contributed by atoms with E-state index in [-0.39, 0.29) is 0 Å². The molecule has 2 heterocycles. The van der Waals surface area contributed by atoms with Gasteiger partial charge in [-0.05, 0) is 28.8 Å². The molecule has 0 aliphatic carbocycles. The predicted octanol–water partition coefficient (Wildman–Crippen LogP) is 1.39. The molecule has 0 saturated carbocycles. The van der Waals surface area contributed by atoms with Crippen molar-refractivity contribution >= 4 is 15.9 Å². The molecule has 0 aromatic carbocycles. The van der Waals surface area contributed by atoms with Gasteiger partial charge in [0, 0.05) is 6.61 Å². The van der Waals surface area contributed by atoms with Crippen LogP contribution in [0.25, 0.3) is 0 Å². The zero-order chi connectivity index (χ0) is 8.39. The molecule has 12 heavy (non-hydrogen) atoms. The Morgan fingerprint density at radius 3 is 3.17 bits per heavy atom. The van der Waals surface area contributed by atoms with Crippen molar-refractivity contribution in [2.24, 2.45) is 0 Å². The minimum atomic E-state index is 0.324. The van der Waals surface area contributed by atoms with E-state index in [1.54, 1.807) is 11.0 Å². The Hall–Kier alpha value is -0.420. The molecule has 2 rings (SSSR count). The SMILES string of the molecule is Brc1cnn(C2CCCOC2)n1. The van der Waals surface area contributed by atoms with Gasteiger partial charge in [0.1, 0.15) is 4.60 Å². The Kier molecular flexibility index (Phi) is 2.41. The Bertz CT molecular complexity index is 257. The van der Waals surface area contributed by atoms with Crippen LogP contribution >= 0.6 is 15.9 Å². The fourth-order valence-electron chi connectivity index (χ4n) is 1.34. The molecule has 0 N–H and O–H groups in total. The molecule has 1 unspecified atom stereocenters. The van der Waals surface area contributed by atoms with E-state index in [1.807, 2.05) is 0 Å². The van der Waals surface area contributed by atoms with Gasteiger partial charge in [-0.25, -0.2) is 0 Å². The maximum Gasteiger partial charge on any atom is 0.148 e. The van der Waals surface area contributed by atoms with Crippen molar-refractivity contribution in [2.45, 2.75) is 18.9 Å². The van der Waals surface area contributed by atoms with Crippen LogP contribution in [0.2, 0.25) is 0 Å². The van der Waals surface area contributed by atoms with Crippen LogP contribution in [0.4, 0.5) is 0 Å². The summed E-state index contributed by atoms with van der Waals surface area (Å²) in [6.45, 7) is 1.61. The standard InChI is InChI=1S/C7H10BrN3O/c8-7-4-9-11(10-7)6-2-1-3-12-5-6/h4,6H,1-3,5H2. The molecule has 1 fully saturated rings. The van der Waals surface area contributed by atoms with Crippen molar-refractivity contribution in [3.63, 3.8) is 0 Å². The van der Waals surface area contributed by atoms with E-state index in [0.717, 1.165) is 30.7 Å². The number of ether oxygens (including phenoxy) is 1. The summed E-state index contributed by atoms with van der Waals surface area (Å²) in [6.07, 6.45) is 3.92. The quantitative estimate of drug-likeness (QED) is 0.734. The monoisotopic (exact) mass is 231 g/mol. The molecule has 4 nitrogen and oxygen atoms in total. The molecule has 5 heteroatoms. The van der Waals surface area contributed by atoms with E-state index < -0.39 is 0 Å². The fourth-order valence-corrected chi connectivity index (χ4v) is 1.59. The Balaban J connectivity index is 2.08. The first-order valence-electron chi connectivity index (χ1n) is 4.01. The lowest BCUT2D eigenvalue weighted by Crippen LogP contribution is -2.23. The number of rotatable bonds is 1. The molecular formula is C7H10BrN3O. The number of nitrogens with zero attached hydrogens (tertiary/aromatic N) is 3. The van der Waals surface area contributed by atoms with Gasteiger partial charge in [-0.1, -0.05) is 0 Å². The summed E-state index contributed by atoms with van der Waals surface area (Å²) >= 11 is 3.26. The zero-order valence-electron chi connectivity index (χ0n) is 6.61. The highest BCUT2D eigenvalue weighted by molar-refractivity contribution is 9.10. The lowest BCUT2D eigenvalue weighted by atomic mass is 10.1. The van der Waals surface area contributed by atoms with E-state index in [2.05, 4.69) is 26.1 Å². The van der Waals surface area contributed by atoms with Crippen LogP contribution in [0.15, 0.2) is 10.8 Å². The topological polar surface area (TPSA) is 39.9 Å². The van der Waals surface area contributed by atoms with Crippen molar-refractivity contribution < 1.29 is 4.74 Å². The van der Waals surface area contributed by atoms with Crippen LogP contribution in [-0.4, -0.2) is 28.2 Å². The van der Waals surface area contributed by atoms with Crippen molar-refractivity contribution in [1.82, 2.24) is 15.0 Å². The third kappa shape index (κ3) is 1.67. The summed E-state index contributed by atoms with van der Waals surface area (Å²) in [4.78, 5) is 1.73. The highest BCUT2D eigenvalue weighted by Crippen LogP contribution is 2.17. The molecule has 66 valence electrons. The minimum Gasteiger partial charge on any atom is -0.379 e. The van der Waals surface area contributed by atoms with Gasteiger partial charge in [0.15, 0.2) is 0 Å². The van der Waals surface area contributed by atoms with Crippen molar-refractivity contribution in [1.29, 1.82) is 0 Å². The van der Waals surface area contributed by atoms with Gasteiger partial charge < -0.3 is 4.74 Å². The van der Waals surface area contributed by atoms with E-state index in [1.165, 1.54) is 0 Å². The van der Waals surface area contributed by atoms with Crippen LogP contribution in [0, 0.1) is 0 Å². The maximum absolute atomic E-state index is 5.33. The highest BCUT2D eigenvalue weighted by Gasteiger charge is 2.17. The summed E-state index contributed by atoms with van der Waals surface area (Å²) in [5.74, 6) is 0. The third-order valence-electron chi connectivity index (χ3n) is 1.94. The molecule has 1 aromatic rings. The highest BCUT2D eigenvalue weighted by atomic mass is 79.9. The van der Waals surface area contributed by atoms with Crippen LogP contribution in [0.3, 0.4) is 0 Å². The summed E-state index contributed by atoms with van der Waals surface area (Å²) in [7, 11) is 0. The second kappa shape index (κ2) is 3.53. The van der Waals surface area contributed by atoms with Crippen LogP contribution in [0.1, 0.15) is 18.9 Å². The molecule has 0 spiro atoms. The Morgan fingerprint density at radius 2 is 2.58 bits per heavy atom. The molecule has 0 bridgehead atoms. The molecular weight excluding hydrogens is 222 g/mol. The van der Waals surface area contributed by atoms with Gasteiger partial charge >= 0.3 is 0 Å². The lowest BCUT2D eigenvalue weighted by Gasteiger charge is -2.20. The number of hydrogen-bond donors (Lipinski definition) is 0. The van der Waals surface area contributed by atoms with Gasteiger partial charge in [0.25, 0.3) is 0 Å². The van der Waals surface area contributed by atoms with Crippen molar-refractivity contribution in [3.05, 3.63) is 10.8 Å². The summed E-state index contributed by atoms with van der Waals surface area (Å²) in [5.41, 5.74) is 0.